The Labute approximate surface area is 132 Å². The fourth-order valence-corrected chi connectivity index (χ4v) is 3.95. The number of hydrogen-bond acceptors (Lipinski definition) is 5. The highest BCUT2D eigenvalue weighted by Gasteiger charge is 2.40. The third kappa shape index (κ3) is 4.03. The average molecular weight is 312 g/mol. The van der Waals surface area contributed by atoms with Gasteiger partial charge in [0.1, 0.15) is 0 Å². The van der Waals surface area contributed by atoms with Gasteiger partial charge in [0.25, 0.3) is 0 Å². The number of thiazole rings is 1. The fraction of sp³-hybridized carbons (Fsp3) is 0.812. The maximum atomic E-state index is 5.98. The zero-order valence-electron chi connectivity index (χ0n) is 13.7. The molecule has 1 unspecified atom stereocenters. The molecule has 2 rings (SSSR count). The van der Waals surface area contributed by atoms with Gasteiger partial charge in [-0.25, -0.2) is 4.98 Å². The Morgan fingerprint density at radius 1 is 1.38 bits per heavy atom. The van der Waals surface area contributed by atoms with Gasteiger partial charge in [-0.2, -0.15) is 0 Å². The number of aryl methyl sites for hydroxylation is 2. The van der Waals surface area contributed by atoms with Gasteiger partial charge in [0.05, 0.1) is 16.3 Å². The zero-order chi connectivity index (χ0) is 15.3. The third-order valence-corrected chi connectivity index (χ3v) is 5.57. The summed E-state index contributed by atoms with van der Waals surface area (Å²) in [6.45, 7) is 9.02. The van der Waals surface area contributed by atoms with E-state index in [2.05, 4.69) is 26.1 Å². The topological polar surface area (TPSA) is 43.4 Å². The summed E-state index contributed by atoms with van der Waals surface area (Å²) in [6.07, 6.45) is 3.97. The van der Waals surface area contributed by atoms with Crippen LogP contribution >= 0.6 is 11.3 Å². The van der Waals surface area contributed by atoms with Crippen LogP contribution in [0.2, 0.25) is 0 Å². The highest BCUT2D eigenvalue weighted by molar-refractivity contribution is 7.11. The highest BCUT2D eigenvalue weighted by atomic mass is 32.1. The standard InChI is InChI=1S/C16H28N2O2S/c1-5-8-17-14(11-15-18-12(2)13(3)21-15)16(19-4)6-9-20-10-7-16/h14,17H,5-11H2,1-4H3. The third-order valence-electron chi connectivity index (χ3n) is 4.47. The molecule has 0 amide bonds. The van der Waals surface area contributed by atoms with Crippen molar-refractivity contribution in [3.05, 3.63) is 15.6 Å². The Morgan fingerprint density at radius 3 is 2.62 bits per heavy atom. The van der Waals surface area contributed by atoms with Gasteiger partial charge in [0.15, 0.2) is 0 Å². The Balaban J connectivity index is 2.15. The molecule has 1 aromatic heterocycles. The molecule has 0 bridgehead atoms. The number of hydrogen-bond donors (Lipinski definition) is 1. The average Bonchev–Trinajstić information content (AvgIpc) is 2.82. The molecule has 2 heterocycles. The lowest BCUT2D eigenvalue weighted by atomic mass is 9.84. The van der Waals surface area contributed by atoms with Gasteiger partial charge >= 0.3 is 0 Å². The number of ether oxygens (including phenoxy) is 2. The van der Waals surface area contributed by atoms with Crippen molar-refractivity contribution in [1.29, 1.82) is 0 Å². The van der Waals surface area contributed by atoms with Crippen LogP contribution in [0, 0.1) is 13.8 Å². The second-order valence-electron chi connectivity index (χ2n) is 5.84. The lowest BCUT2D eigenvalue weighted by molar-refractivity contribution is -0.110. The number of rotatable bonds is 7. The maximum Gasteiger partial charge on any atom is 0.0947 e. The summed E-state index contributed by atoms with van der Waals surface area (Å²) in [5.41, 5.74) is 1.03. The van der Waals surface area contributed by atoms with Gasteiger partial charge < -0.3 is 14.8 Å². The van der Waals surface area contributed by atoms with Crippen molar-refractivity contribution >= 4 is 11.3 Å². The predicted octanol–water partition coefficient (Wildman–Crippen LogP) is 2.87. The lowest BCUT2D eigenvalue weighted by Crippen LogP contribution is -2.56. The summed E-state index contributed by atoms with van der Waals surface area (Å²) in [6, 6.07) is 0.302. The highest BCUT2D eigenvalue weighted by Crippen LogP contribution is 2.31. The van der Waals surface area contributed by atoms with Gasteiger partial charge in [-0.1, -0.05) is 6.92 Å². The van der Waals surface area contributed by atoms with E-state index in [9.17, 15) is 0 Å². The molecule has 1 aliphatic heterocycles. The van der Waals surface area contributed by atoms with Gasteiger partial charge in [-0.05, 0) is 26.8 Å². The van der Waals surface area contributed by atoms with Crippen LogP contribution in [0.15, 0.2) is 0 Å². The Morgan fingerprint density at radius 2 is 2.10 bits per heavy atom. The van der Waals surface area contributed by atoms with E-state index in [-0.39, 0.29) is 5.60 Å². The molecule has 0 radical (unpaired) electrons. The molecule has 1 N–H and O–H groups in total. The second kappa shape index (κ2) is 7.68. The lowest BCUT2D eigenvalue weighted by Gasteiger charge is -2.42. The maximum absolute atomic E-state index is 5.98. The van der Waals surface area contributed by atoms with Crippen LogP contribution in [0.25, 0.3) is 0 Å². The first kappa shape index (κ1) is 16.9. The summed E-state index contributed by atoms with van der Waals surface area (Å²) < 4.78 is 11.5. The molecule has 1 aliphatic rings. The zero-order valence-corrected chi connectivity index (χ0v) is 14.5. The summed E-state index contributed by atoms with van der Waals surface area (Å²) in [5.74, 6) is 0. The van der Waals surface area contributed by atoms with Crippen LogP contribution in [0.4, 0.5) is 0 Å². The molecule has 0 aliphatic carbocycles. The largest absolute Gasteiger partial charge is 0.381 e. The van der Waals surface area contributed by atoms with E-state index in [0.717, 1.165) is 51.1 Å². The molecule has 1 aromatic rings. The van der Waals surface area contributed by atoms with Crippen LogP contribution in [-0.4, -0.2) is 43.5 Å². The quantitative estimate of drug-likeness (QED) is 0.841. The molecular weight excluding hydrogens is 284 g/mol. The number of methoxy groups -OCH3 is 1. The first-order chi connectivity index (χ1) is 10.1. The minimum absolute atomic E-state index is 0.124. The van der Waals surface area contributed by atoms with Gasteiger partial charge in [0.2, 0.25) is 0 Å². The number of nitrogens with one attached hydrogen (secondary N) is 1. The molecule has 1 saturated heterocycles. The van der Waals surface area contributed by atoms with E-state index in [1.807, 2.05) is 18.4 Å². The van der Waals surface area contributed by atoms with Crippen molar-refractivity contribution in [3.8, 4) is 0 Å². The molecule has 0 spiro atoms. The van der Waals surface area contributed by atoms with Gasteiger partial charge in [0, 0.05) is 50.5 Å². The predicted molar refractivity (Wildman–Crippen MR) is 87.2 cm³/mol. The van der Waals surface area contributed by atoms with Crippen molar-refractivity contribution in [3.63, 3.8) is 0 Å². The minimum Gasteiger partial charge on any atom is -0.381 e. The second-order valence-corrected chi connectivity index (χ2v) is 7.13. The minimum atomic E-state index is -0.124. The molecule has 0 aromatic carbocycles. The first-order valence-corrected chi connectivity index (χ1v) is 8.72. The Kier molecular flexibility index (Phi) is 6.17. The summed E-state index contributed by atoms with van der Waals surface area (Å²) in [7, 11) is 1.84. The van der Waals surface area contributed by atoms with E-state index in [4.69, 9.17) is 14.5 Å². The van der Waals surface area contributed by atoms with Crippen molar-refractivity contribution in [2.75, 3.05) is 26.9 Å². The van der Waals surface area contributed by atoms with Crippen LogP contribution < -0.4 is 5.32 Å². The van der Waals surface area contributed by atoms with E-state index < -0.39 is 0 Å². The Hall–Kier alpha value is -0.490. The summed E-state index contributed by atoms with van der Waals surface area (Å²) >= 11 is 1.81. The number of aromatic nitrogens is 1. The van der Waals surface area contributed by atoms with Crippen LogP contribution in [-0.2, 0) is 15.9 Å². The summed E-state index contributed by atoms with van der Waals surface area (Å²) in [5, 5.41) is 4.90. The van der Waals surface area contributed by atoms with E-state index in [1.54, 1.807) is 0 Å². The molecule has 1 fully saturated rings. The van der Waals surface area contributed by atoms with Gasteiger partial charge in [-0.15, -0.1) is 11.3 Å². The van der Waals surface area contributed by atoms with Crippen molar-refractivity contribution in [2.24, 2.45) is 0 Å². The van der Waals surface area contributed by atoms with E-state index in [0.29, 0.717) is 6.04 Å². The normalized spacial score (nSPS) is 19.6. The van der Waals surface area contributed by atoms with Crippen molar-refractivity contribution < 1.29 is 9.47 Å². The molecule has 0 saturated carbocycles. The van der Waals surface area contributed by atoms with Crippen molar-refractivity contribution in [1.82, 2.24) is 10.3 Å². The smallest absolute Gasteiger partial charge is 0.0947 e. The Bertz CT molecular complexity index is 422. The van der Waals surface area contributed by atoms with Crippen LogP contribution in [0.3, 0.4) is 0 Å². The number of nitrogens with zero attached hydrogens (tertiary/aromatic N) is 1. The summed E-state index contributed by atoms with van der Waals surface area (Å²) in [4.78, 5) is 6.03. The monoisotopic (exact) mass is 312 g/mol. The molecule has 120 valence electrons. The van der Waals surface area contributed by atoms with E-state index >= 15 is 0 Å². The molecular formula is C16H28N2O2S. The van der Waals surface area contributed by atoms with Crippen molar-refractivity contribution in [2.45, 2.75) is 58.1 Å². The first-order valence-electron chi connectivity index (χ1n) is 7.90. The molecule has 5 heteroatoms. The fourth-order valence-electron chi connectivity index (χ4n) is 2.98. The molecule has 1 atom stereocenters. The van der Waals surface area contributed by atoms with Crippen LogP contribution in [0.5, 0.6) is 0 Å². The van der Waals surface area contributed by atoms with Gasteiger partial charge in [-0.3, -0.25) is 0 Å². The molecule has 21 heavy (non-hydrogen) atoms. The van der Waals surface area contributed by atoms with E-state index in [1.165, 1.54) is 9.88 Å². The molecule has 4 nitrogen and oxygen atoms in total. The van der Waals surface area contributed by atoms with Crippen LogP contribution in [0.1, 0.15) is 41.8 Å². The SMILES string of the molecule is CCCNC(Cc1nc(C)c(C)s1)C1(OC)CCOCC1.